The van der Waals surface area contributed by atoms with Crippen molar-refractivity contribution in [3.63, 3.8) is 0 Å². The van der Waals surface area contributed by atoms with E-state index in [1.54, 1.807) is 0 Å². The average molecular weight is 514 g/mol. The van der Waals surface area contributed by atoms with Gasteiger partial charge in [0, 0.05) is 0 Å². The predicted octanol–water partition coefficient (Wildman–Crippen LogP) is 7.05. The van der Waals surface area contributed by atoms with Gasteiger partial charge < -0.3 is 0 Å². The zero-order valence-corrected chi connectivity index (χ0v) is 21.1. The number of aromatic nitrogens is 6. The molecule has 0 amide bonds. The Morgan fingerprint density at radius 3 is 1.32 bits per heavy atom. The Balaban J connectivity index is 1.41. The minimum atomic E-state index is 0.562. The Kier molecular flexibility index (Phi) is 4.00. The summed E-state index contributed by atoms with van der Waals surface area (Å²) in [5, 5.41) is 10.2. The Hall–Kier alpha value is -5.87. The second-order valence-corrected chi connectivity index (χ2v) is 9.97. The molecule has 0 aliphatic rings. The molecular weight excluding hydrogens is 494 g/mol. The van der Waals surface area contributed by atoms with Crippen LogP contribution in [0, 0.1) is 11.3 Å². The van der Waals surface area contributed by atoms with Crippen molar-refractivity contribution in [1.29, 1.82) is 5.26 Å². The summed E-state index contributed by atoms with van der Waals surface area (Å²) >= 11 is 0. The van der Waals surface area contributed by atoms with E-state index in [0.29, 0.717) is 5.56 Å². The first-order valence-corrected chi connectivity index (χ1v) is 13.1. The highest BCUT2D eigenvalue weighted by atomic mass is 15.2. The fourth-order valence-electron chi connectivity index (χ4n) is 6.13. The molecule has 9 aromatic rings. The van der Waals surface area contributed by atoms with E-state index in [9.17, 15) is 5.26 Å². The van der Waals surface area contributed by atoms with E-state index in [1.807, 2.05) is 72.8 Å². The molecule has 0 spiro atoms. The number of hydrogen-bond donors (Lipinski definition) is 0. The van der Waals surface area contributed by atoms with Gasteiger partial charge in [0.1, 0.15) is 0 Å². The molecule has 4 heterocycles. The van der Waals surface area contributed by atoms with Crippen LogP contribution < -0.4 is 0 Å². The van der Waals surface area contributed by atoms with Gasteiger partial charge in [0.25, 0.3) is 0 Å². The molecule has 0 N–H and O–H groups in total. The van der Waals surface area contributed by atoms with Crippen LogP contribution >= 0.6 is 0 Å². The molecule has 9 rings (SSSR count). The molecule has 7 nitrogen and oxygen atoms in total. The standard InChI is InChI=1S/C33H19N7/c34-20-21-17-22(37-28-13-5-7-15-30(28)39-26-11-3-1-9-24(26)35-32(37)39)19-23(18-21)38-29-14-6-8-16-31(29)40-27-12-4-2-10-25(27)36-33(38)40/h1-19H. The van der Waals surface area contributed by atoms with Crippen molar-refractivity contribution in [2.24, 2.45) is 0 Å². The number of hydrogen-bond acceptors (Lipinski definition) is 3. The van der Waals surface area contributed by atoms with E-state index in [2.05, 4.69) is 66.5 Å². The number of para-hydroxylation sites is 8. The van der Waals surface area contributed by atoms with E-state index in [1.165, 1.54) is 0 Å². The second kappa shape index (κ2) is 7.59. The van der Waals surface area contributed by atoms with Gasteiger partial charge in [-0.3, -0.25) is 17.9 Å². The third-order valence-corrected chi connectivity index (χ3v) is 7.76. The highest BCUT2D eigenvalue weighted by molar-refractivity contribution is 5.94. The van der Waals surface area contributed by atoms with Crippen LogP contribution in [0.3, 0.4) is 0 Å². The van der Waals surface area contributed by atoms with E-state index >= 15 is 0 Å². The first kappa shape index (κ1) is 21.1. The summed E-state index contributed by atoms with van der Waals surface area (Å²) < 4.78 is 8.66. The lowest BCUT2D eigenvalue weighted by molar-refractivity contribution is 1.07. The van der Waals surface area contributed by atoms with Gasteiger partial charge in [0.15, 0.2) is 0 Å². The Morgan fingerprint density at radius 2 is 0.875 bits per heavy atom. The zero-order chi connectivity index (χ0) is 26.4. The minimum absolute atomic E-state index is 0.562. The minimum Gasteiger partial charge on any atom is -0.278 e. The third-order valence-electron chi connectivity index (χ3n) is 7.76. The highest BCUT2D eigenvalue weighted by Crippen LogP contribution is 2.33. The largest absolute Gasteiger partial charge is 0.278 e. The van der Waals surface area contributed by atoms with Crippen LogP contribution in [0.4, 0.5) is 0 Å². The van der Waals surface area contributed by atoms with E-state index in [0.717, 1.165) is 67.1 Å². The maximum Gasteiger partial charge on any atom is 0.220 e. The van der Waals surface area contributed by atoms with Crippen molar-refractivity contribution in [2.45, 2.75) is 0 Å². The van der Waals surface area contributed by atoms with Gasteiger partial charge in [-0.05, 0) is 66.7 Å². The van der Waals surface area contributed by atoms with Crippen LogP contribution in [0.25, 0.3) is 67.1 Å². The molecule has 0 atom stereocenters. The van der Waals surface area contributed by atoms with Gasteiger partial charge >= 0.3 is 0 Å². The van der Waals surface area contributed by atoms with Crippen molar-refractivity contribution in [1.82, 2.24) is 27.9 Å². The van der Waals surface area contributed by atoms with Gasteiger partial charge in [0.05, 0.1) is 67.1 Å². The molecule has 0 aliphatic carbocycles. The van der Waals surface area contributed by atoms with Gasteiger partial charge in [-0.25, -0.2) is 9.97 Å². The SMILES string of the molecule is N#Cc1cc(-n2c3ccccc3n3c4ccccc4nc23)cc(-n2c3ccccc3n3c4ccccc4nc23)c1. The molecule has 186 valence electrons. The average Bonchev–Trinajstić information content (AvgIpc) is 3.72. The molecule has 7 heteroatoms. The maximum atomic E-state index is 10.2. The number of nitrogens with zero attached hydrogens (tertiary/aromatic N) is 7. The summed E-state index contributed by atoms with van der Waals surface area (Å²) in [4.78, 5) is 10.1. The summed E-state index contributed by atoms with van der Waals surface area (Å²) in [6.07, 6.45) is 0. The molecule has 4 aromatic heterocycles. The van der Waals surface area contributed by atoms with Gasteiger partial charge in [0.2, 0.25) is 11.6 Å². The molecule has 0 unspecified atom stereocenters. The monoisotopic (exact) mass is 513 g/mol. The number of rotatable bonds is 2. The van der Waals surface area contributed by atoms with Crippen LogP contribution in [-0.2, 0) is 0 Å². The first-order valence-electron chi connectivity index (χ1n) is 13.1. The molecule has 5 aromatic carbocycles. The summed E-state index contributed by atoms with van der Waals surface area (Å²) in [7, 11) is 0. The summed E-state index contributed by atoms with van der Waals surface area (Å²) in [6, 6.07) is 41.3. The molecule has 0 saturated carbocycles. The van der Waals surface area contributed by atoms with Crippen molar-refractivity contribution in [3.8, 4) is 17.4 Å². The first-order chi connectivity index (χ1) is 19.8. The fraction of sp³-hybridized carbons (Fsp3) is 0. The number of fused-ring (bicyclic) bond motifs is 10. The van der Waals surface area contributed by atoms with Crippen molar-refractivity contribution < 1.29 is 0 Å². The second-order valence-electron chi connectivity index (χ2n) is 9.97. The van der Waals surface area contributed by atoms with Crippen molar-refractivity contribution in [2.75, 3.05) is 0 Å². The fourth-order valence-corrected chi connectivity index (χ4v) is 6.13. The molecule has 0 bridgehead atoms. The van der Waals surface area contributed by atoms with Crippen LogP contribution in [0.15, 0.2) is 115 Å². The Bertz CT molecular complexity index is 2350. The topological polar surface area (TPSA) is 68.2 Å². The normalized spacial score (nSPS) is 12.0. The number of imidazole rings is 4. The van der Waals surface area contributed by atoms with Gasteiger partial charge in [-0.15, -0.1) is 0 Å². The maximum absolute atomic E-state index is 10.2. The lowest BCUT2D eigenvalue weighted by atomic mass is 10.1. The van der Waals surface area contributed by atoms with Crippen molar-refractivity contribution >= 4 is 55.7 Å². The molecule has 0 saturated heterocycles. The lowest BCUT2D eigenvalue weighted by Crippen LogP contribution is -2.01. The van der Waals surface area contributed by atoms with Crippen LogP contribution in [0.5, 0.6) is 0 Å². The Morgan fingerprint density at radius 1 is 0.475 bits per heavy atom. The highest BCUT2D eigenvalue weighted by Gasteiger charge is 2.20. The molecule has 0 aliphatic heterocycles. The smallest absolute Gasteiger partial charge is 0.220 e. The van der Waals surface area contributed by atoms with E-state index < -0.39 is 0 Å². The summed E-state index contributed by atoms with van der Waals surface area (Å²) in [6.45, 7) is 0. The molecule has 0 radical (unpaired) electrons. The summed E-state index contributed by atoms with van der Waals surface area (Å²) in [5.41, 5.74) is 10.4. The molecule has 40 heavy (non-hydrogen) atoms. The summed E-state index contributed by atoms with van der Waals surface area (Å²) in [5.74, 6) is 1.61. The molecular formula is C33H19N7. The third kappa shape index (κ3) is 2.66. The van der Waals surface area contributed by atoms with Crippen molar-refractivity contribution in [3.05, 3.63) is 121 Å². The predicted molar refractivity (Wildman–Crippen MR) is 157 cm³/mol. The quantitative estimate of drug-likeness (QED) is 0.249. The Labute approximate surface area is 227 Å². The molecule has 0 fully saturated rings. The van der Waals surface area contributed by atoms with Crippen LogP contribution in [-0.4, -0.2) is 27.9 Å². The van der Waals surface area contributed by atoms with Crippen LogP contribution in [0.2, 0.25) is 0 Å². The number of benzene rings is 5. The van der Waals surface area contributed by atoms with Gasteiger partial charge in [-0.2, -0.15) is 5.26 Å². The van der Waals surface area contributed by atoms with E-state index in [-0.39, 0.29) is 0 Å². The lowest BCUT2D eigenvalue weighted by Gasteiger charge is -2.11. The van der Waals surface area contributed by atoms with Crippen LogP contribution in [0.1, 0.15) is 5.56 Å². The van der Waals surface area contributed by atoms with Gasteiger partial charge in [-0.1, -0.05) is 48.5 Å². The zero-order valence-electron chi connectivity index (χ0n) is 21.1. The van der Waals surface area contributed by atoms with E-state index in [4.69, 9.17) is 9.97 Å². The number of nitriles is 1.